The topological polar surface area (TPSA) is 17.0 Å². The van der Waals surface area contributed by atoms with Gasteiger partial charge in [-0.05, 0) is 24.5 Å². The number of aryl methyl sites for hydroxylation is 1. The molecular formula is C12H22N2. The quantitative estimate of drug-likeness (QED) is 0.762. The average Bonchev–Trinajstić information content (AvgIpc) is 2.59. The third-order valence-electron chi connectivity index (χ3n) is 3.02. The minimum atomic E-state index is 0.597. The largest absolute Gasteiger partial charge is 0.357 e. The SMILES string of the molecule is CCC(C)C(C)NCc1ccn(C)c1. The first-order valence-electron chi connectivity index (χ1n) is 5.47. The minimum absolute atomic E-state index is 0.597. The molecule has 0 radical (unpaired) electrons. The van der Waals surface area contributed by atoms with Crippen molar-refractivity contribution in [2.45, 2.75) is 39.8 Å². The third kappa shape index (κ3) is 3.18. The first-order chi connectivity index (χ1) is 6.63. The lowest BCUT2D eigenvalue weighted by atomic mass is 10.0. The zero-order valence-electron chi connectivity index (χ0n) is 9.75. The van der Waals surface area contributed by atoms with E-state index in [1.54, 1.807) is 0 Å². The van der Waals surface area contributed by atoms with Crippen LogP contribution in [0.4, 0.5) is 0 Å². The molecule has 0 saturated carbocycles. The van der Waals surface area contributed by atoms with Crippen LogP contribution in [0.3, 0.4) is 0 Å². The van der Waals surface area contributed by atoms with Gasteiger partial charge in [0, 0.05) is 32.0 Å². The Balaban J connectivity index is 2.33. The van der Waals surface area contributed by atoms with E-state index in [2.05, 4.69) is 56.2 Å². The predicted octanol–water partition coefficient (Wildman–Crippen LogP) is 2.55. The van der Waals surface area contributed by atoms with E-state index >= 15 is 0 Å². The molecule has 1 rings (SSSR count). The van der Waals surface area contributed by atoms with Gasteiger partial charge in [0.15, 0.2) is 0 Å². The van der Waals surface area contributed by atoms with Gasteiger partial charge in [-0.15, -0.1) is 0 Å². The van der Waals surface area contributed by atoms with Crippen molar-refractivity contribution in [3.05, 3.63) is 24.0 Å². The summed E-state index contributed by atoms with van der Waals surface area (Å²) in [5.74, 6) is 0.749. The van der Waals surface area contributed by atoms with Crippen molar-refractivity contribution in [3.63, 3.8) is 0 Å². The maximum atomic E-state index is 3.55. The molecule has 2 nitrogen and oxygen atoms in total. The highest BCUT2D eigenvalue weighted by atomic mass is 14.9. The van der Waals surface area contributed by atoms with Gasteiger partial charge < -0.3 is 9.88 Å². The molecule has 2 atom stereocenters. The van der Waals surface area contributed by atoms with Gasteiger partial charge in [0.25, 0.3) is 0 Å². The maximum absolute atomic E-state index is 3.55. The van der Waals surface area contributed by atoms with Crippen LogP contribution in [0.5, 0.6) is 0 Å². The second-order valence-corrected chi connectivity index (χ2v) is 4.24. The highest BCUT2D eigenvalue weighted by molar-refractivity contribution is 5.09. The zero-order chi connectivity index (χ0) is 10.6. The lowest BCUT2D eigenvalue weighted by molar-refractivity contribution is 0.389. The summed E-state index contributed by atoms with van der Waals surface area (Å²) in [6.07, 6.45) is 5.49. The number of hydrogen-bond acceptors (Lipinski definition) is 1. The summed E-state index contributed by atoms with van der Waals surface area (Å²) in [5.41, 5.74) is 1.36. The van der Waals surface area contributed by atoms with E-state index in [-0.39, 0.29) is 0 Å². The second-order valence-electron chi connectivity index (χ2n) is 4.24. The Morgan fingerprint density at radius 2 is 2.14 bits per heavy atom. The summed E-state index contributed by atoms with van der Waals surface area (Å²) in [6.45, 7) is 7.78. The van der Waals surface area contributed by atoms with Crippen LogP contribution in [0.25, 0.3) is 0 Å². The molecule has 0 saturated heterocycles. The van der Waals surface area contributed by atoms with E-state index in [1.807, 2.05) is 0 Å². The van der Waals surface area contributed by atoms with Crippen LogP contribution in [0, 0.1) is 5.92 Å². The Morgan fingerprint density at radius 3 is 2.64 bits per heavy atom. The Bertz CT molecular complexity index is 265. The van der Waals surface area contributed by atoms with Crippen LogP contribution in [0.2, 0.25) is 0 Å². The second kappa shape index (κ2) is 5.20. The molecule has 14 heavy (non-hydrogen) atoms. The van der Waals surface area contributed by atoms with E-state index in [1.165, 1.54) is 12.0 Å². The van der Waals surface area contributed by atoms with Crippen molar-refractivity contribution in [2.24, 2.45) is 13.0 Å². The summed E-state index contributed by atoms with van der Waals surface area (Å²) in [5, 5.41) is 3.55. The normalized spacial score (nSPS) is 15.4. The average molecular weight is 194 g/mol. The van der Waals surface area contributed by atoms with Crippen LogP contribution < -0.4 is 5.32 Å². The first kappa shape index (κ1) is 11.3. The monoisotopic (exact) mass is 194 g/mol. The molecule has 0 bridgehead atoms. The summed E-state index contributed by atoms with van der Waals surface area (Å²) >= 11 is 0. The standard InChI is InChI=1S/C12H22N2/c1-5-10(2)11(3)13-8-12-6-7-14(4)9-12/h6-7,9-11,13H,5,8H2,1-4H3. The van der Waals surface area contributed by atoms with E-state index < -0.39 is 0 Å². The van der Waals surface area contributed by atoms with Gasteiger partial charge in [0.05, 0.1) is 0 Å². The number of aromatic nitrogens is 1. The molecule has 0 aliphatic rings. The first-order valence-corrected chi connectivity index (χ1v) is 5.47. The summed E-state index contributed by atoms with van der Waals surface area (Å²) in [4.78, 5) is 0. The fraction of sp³-hybridized carbons (Fsp3) is 0.667. The molecule has 0 aliphatic carbocycles. The van der Waals surface area contributed by atoms with Crippen molar-refractivity contribution < 1.29 is 0 Å². The lowest BCUT2D eigenvalue weighted by Crippen LogP contribution is -2.31. The van der Waals surface area contributed by atoms with Gasteiger partial charge in [-0.25, -0.2) is 0 Å². The molecule has 2 heteroatoms. The molecule has 80 valence electrons. The zero-order valence-corrected chi connectivity index (χ0v) is 9.75. The number of nitrogens with zero attached hydrogens (tertiary/aromatic N) is 1. The Kier molecular flexibility index (Phi) is 4.21. The molecule has 1 N–H and O–H groups in total. The smallest absolute Gasteiger partial charge is 0.0223 e. The Hall–Kier alpha value is -0.760. The maximum Gasteiger partial charge on any atom is 0.0223 e. The van der Waals surface area contributed by atoms with Crippen LogP contribution in [-0.2, 0) is 13.6 Å². The van der Waals surface area contributed by atoms with Gasteiger partial charge in [-0.2, -0.15) is 0 Å². The van der Waals surface area contributed by atoms with Crippen molar-refractivity contribution in [1.29, 1.82) is 0 Å². The van der Waals surface area contributed by atoms with Crippen LogP contribution in [0.1, 0.15) is 32.8 Å². The summed E-state index contributed by atoms with van der Waals surface area (Å²) < 4.78 is 2.09. The number of rotatable bonds is 5. The summed E-state index contributed by atoms with van der Waals surface area (Å²) in [6, 6.07) is 2.76. The van der Waals surface area contributed by atoms with E-state index in [0.29, 0.717) is 6.04 Å². The Labute approximate surface area is 87.3 Å². The molecule has 0 aromatic carbocycles. The molecule has 1 heterocycles. The fourth-order valence-electron chi connectivity index (χ4n) is 1.50. The molecule has 0 spiro atoms. The molecule has 1 aromatic heterocycles. The number of nitrogens with one attached hydrogen (secondary N) is 1. The Morgan fingerprint density at radius 1 is 1.43 bits per heavy atom. The van der Waals surface area contributed by atoms with E-state index in [4.69, 9.17) is 0 Å². The molecular weight excluding hydrogens is 172 g/mol. The van der Waals surface area contributed by atoms with Crippen LogP contribution >= 0.6 is 0 Å². The molecule has 2 unspecified atom stereocenters. The molecule has 1 aromatic rings. The van der Waals surface area contributed by atoms with Crippen molar-refractivity contribution in [1.82, 2.24) is 9.88 Å². The third-order valence-corrected chi connectivity index (χ3v) is 3.02. The molecule has 0 amide bonds. The number of hydrogen-bond donors (Lipinski definition) is 1. The predicted molar refractivity (Wildman–Crippen MR) is 61.2 cm³/mol. The summed E-state index contributed by atoms with van der Waals surface area (Å²) in [7, 11) is 2.06. The van der Waals surface area contributed by atoms with Gasteiger partial charge in [-0.1, -0.05) is 20.3 Å². The van der Waals surface area contributed by atoms with Gasteiger partial charge >= 0.3 is 0 Å². The highest BCUT2D eigenvalue weighted by Gasteiger charge is 2.08. The van der Waals surface area contributed by atoms with Crippen molar-refractivity contribution >= 4 is 0 Å². The molecule has 0 fully saturated rings. The fourth-order valence-corrected chi connectivity index (χ4v) is 1.50. The minimum Gasteiger partial charge on any atom is -0.357 e. The van der Waals surface area contributed by atoms with E-state index in [9.17, 15) is 0 Å². The van der Waals surface area contributed by atoms with Crippen molar-refractivity contribution in [3.8, 4) is 0 Å². The van der Waals surface area contributed by atoms with Gasteiger partial charge in [-0.3, -0.25) is 0 Å². The molecule has 0 aliphatic heterocycles. The van der Waals surface area contributed by atoms with Crippen LogP contribution in [-0.4, -0.2) is 10.6 Å². The van der Waals surface area contributed by atoms with Gasteiger partial charge in [0.2, 0.25) is 0 Å². The lowest BCUT2D eigenvalue weighted by Gasteiger charge is -2.19. The van der Waals surface area contributed by atoms with Crippen molar-refractivity contribution in [2.75, 3.05) is 0 Å². The highest BCUT2D eigenvalue weighted by Crippen LogP contribution is 2.08. The van der Waals surface area contributed by atoms with Crippen LogP contribution in [0.15, 0.2) is 18.5 Å². The van der Waals surface area contributed by atoms with E-state index in [0.717, 1.165) is 12.5 Å². The van der Waals surface area contributed by atoms with Gasteiger partial charge in [0.1, 0.15) is 0 Å².